The van der Waals surface area contributed by atoms with Crippen molar-refractivity contribution in [3.05, 3.63) is 88.0 Å². The van der Waals surface area contributed by atoms with Gasteiger partial charge in [0.2, 0.25) is 0 Å². The molecule has 1 aliphatic rings. The Balaban J connectivity index is 1.77. The SMILES string of the molecule is CCO/N=C(/C(C)=N/OCC1=C(/C(=N\OC)C(=O)OC)CC(C)=C(C)C1)c1ccc(OCc2ccccc2)cc1. The molecule has 0 saturated carbocycles. The van der Waals surface area contributed by atoms with Crippen molar-refractivity contribution in [3.63, 3.8) is 0 Å². The lowest BCUT2D eigenvalue weighted by molar-refractivity contribution is -0.132. The predicted octanol–water partition coefficient (Wildman–Crippen LogP) is 6.00. The van der Waals surface area contributed by atoms with Gasteiger partial charge in [0.25, 0.3) is 0 Å². The van der Waals surface area contributed by atoms with Crippen molar-refractivity contribution in [1.29, 1.82) is 0 Å². The Bertz CT molecular complexity index is 1310. The minimum absolute atomic E-state index is 0.129. The summed E-state index contributed by atoms with van der Waals surface area (Å²) in [5, 5.41) is 12.5. The number of methoxy groups -OCH3 is 1. The number of allylic oxidation sites excluding steroid dienone is 2. The van der Waals surface area contributed by atoms with E-state index < -0.39 is 5.97 Å². The van der Waals surface area contributed by atoms with Crippen LogP contribution in [0.25, 0.3) is 0 Å². The summed E-state index contributed by atoms with van der Waals surface area (Å²) in [5.74, 6) is 0.174. The molecule has 2 aromatic carbocycles. The first-order valence-electron chi connectivity index (χ1n) is 13.1. The van der Waals surface area contributed by atoms with Gasteiger partial charge in [0.05, 0.1) is 7.11 Å². The molecule has 0 bridgehead atoms. The summed E-state index contributed by atoms with van der Waals surface area (Å²) in [6.45, 7) is 8.80. The molecule has 0 amide bonds. The Kier molecular flexibility index (Phi) is 11.5. The number of carbonyl (C=O) groups is 1. The van der Waals surface area contributed by atoms with Crippen LogP contribution in [-0.2, 0) is 30.7 Å². The first-order valence-corrected chi connectivity index (χ1v) is 13.1. The predicted molar refractivity (Wildman–Crippen MR) is 156 cm³/mol. The fourth-order valence-corrected chi connectivity index (χ4v) is 4.07. The van der Waals surface area contributed by atoms with Crippen LogP contribution in [0.4, 0.5) is 0 Å². The number of hydrogen-bond acceptors (Lipinski definition) is 9. The molecule has 3 rings (SSSR count). The van der Waals surface area contributed by atoms with Crippen LogP contribution in [0.3, 0.4) is 0 Å². The van der Waals surface area contributed by atoms with Gasteiger partial charge in [0.15, 0.2) is 5.71 Å². The quantitative estimate of drug-likeness (QED) is 0.132. The van der Waals surface area contributed by atoms with E-state index in [9.17, 15) is 4.79 Å². The van der Waals surface area contributed by atoms with Gasteiger partial charge in [-0.3, -0.25) is 0 Å². The highest BCUT2D eigenvalue weighted by molar-refractivity contribution is 6.47. The van der Waals surface area contributed by atoms with Crippen molar-refractivity contribution in [1.82, 2.24) is 0 Å². The second-order valence-corrected chi connectivity index (χ2v) is 9.22. The summed E-state index contributed by atoms with van der Waals surface area (Å²) >= 11 is 0. The van der Waals surface area contributed by atoms with Crippen LogP contribution >= 0.6 is 0 Å². The molecular formula is C31H37N3O6. The molecule has 0 heterocycles. The Labute approximate surface area is 235 Å². The maximum Gasteiger partial charge on any atom is 0.360 e. The number of carbonyl (C=O) groups excluding carboxylic acids is 1. The van der Waals surface area contributed by atoms with E-state index in [0.29, 0.717) is 37.5 Å². The molecule has 0 radical (unpaired) electrons. The summed E-state index contributed by atoms with van der Waals surface area (Å²) in [4.78, 5) is 28.5. The second-order valence-electron chi connectivity index (χ2n) is 9.22. The van der Waals surface area contributed by atoms with Crippen molar-refractivity contribution in [2.24, 2.45) is 15.5 Å². The molecule has 0 unspecified atom stereocenters. The van der Waals surface area contributed by atoms with E-state index >= 15 is 0 Å². The van der Waals surface area contributed by atoms with Gasteiger partial charge >= 0.3 is 5.97 Å². The van der Waals surface area contributed by atoms with E-state index in [1.54, 1.807) is 6.92 Å². The first-order chi connectivity index (χ1) is 19.4. The smallest absolute Gasteiger partial charge is 0.360 e. The fourth-order valence-electron chi connectivity index (χ4n) is 4.07. The maximum atomic E-state index is 12.4. The topological polar surface area (TPSA) is 100 Å². The van der Waals surface area contributed by atoms with Gasteiger partial charge in [-0.05, 0) is 81.5 Å². The van der Waals surface area contributed by atoms with Gasteiger partial charge in [-0.1, -0.05) is 56.9 Å². The Morgan fingerprint density at radius 3 is 2.17 bits per heavy atom. The first kappa shape index (κ1) is 30.1. The lowest BCUT2D eigenvalue weighted by atomic mass is 9.85. The van der Waals surface area contributed by atoms with Gasteiger partial charge in [-0.15, -0.1) is 0 Å². The molecule has 0 atom stereocenters. The summed E-state index contributed by atoms with van der Waals surface area (Å²) < 4.78 is 10.8. The molecule has 0 aromatic heterocycles. The number of nitrogens with zero attached hydrogens (tertiary/aromatic N) is 3. The van der Waals surface area contributed by atoms with Crippen molar-refractivity contribution in [2.75, 3.05) is 27.4 Å². The summed E-state index contributed by atoms with van der Waals surface area (Å²) in [7, 11) is 2.71. The molecule has 0 aliphatic heterocycles. The van der Waals surface area contributed by atoms with Crippen molar-refractivity contribution >= 4 is 23.1 Å². The van der Waals surface area contributed by atoms with E-state index in [1.165, 1.54) is 19.8 Å². The Morgan fingerprint density at radius 1 is 0.825 bits per heavy atom. The number of esters is 1. The summed E-state index contributed by atoms with van der Waals surface area (Å²) in [5.41, 5.74) is 7.06. The molecule has 1 aliphatic carbocycles. The number of oxime groups is 3. The maximum absolute atomic E-state index is 12.4. The minimum atomic E-state index is -0.566. The monoisotopic (exact) mass is 547 g/mol. The summed E-state index contributed by atoms with van der Waals surface area (Å²) in [6, 6.07) is 17.6. The average molecular weight is 548 g/mol. The van der Waals surface area contributed by atoms with Crippen molar-refractivity contribution in [3.8, 4) is 5.75 Å². The van der Waals surface area contributed by atoms with Crippen LogP contribution in [0.1, 0.15) is 51.7 Å². The standard InChI is InChI=1S/C31H37N3O6/c1-7-39-34-29(25-13-15-27(16-14-25)38-19-24-11-9-8-10-12-24)23(4)32-40-20-26-17-21(2)22(3)18-28(26)30(33-37-6)31(35)36-5/h8-16H,7,17-20H2,1-6H3/b32-23+,33-30+,34-29-. The van der Waals surface area contributed by atoms with Crippen LogP contribution < -0.4 is 4.74 Å². The van der Waals surface area contributed by atoms with Gasteiger partial charge < -0.3 is 24.0 Å². The molecule has 0 saturated heterocycles. The van der Waals surface area contributed by atoms with Crippen LogP contribution in [0.15, 0.2) is 92.4 Å². The highest BCUT2D eigenvalue weighted by Crippen LogP contribution is 2.31. The number of hydrogen-bond donors (Lipinski definition) is 0. The minimum Gasteiger partial charge on any atom is -0.489 e. The molecule has 0 fully saturated rings. The molecular weight excluding hydrogens is 510 g/mol. The normalized spacial score (nSPS) is 14.7. The highest BCUT2D eigenvalue weighted by Gasteiger charge is 2.26. The highest BCUT2D eigenvalue weighted by atomic mass is 16.6. The molecule has 2 aromatic rings. The zero-order chi connectivity index (χ0) is 28.9. The van der Waals surface area contributed by atoms with Crippen molar-refractivity contribution < 1.29 is 28.8 Å². The second kappa shape index (κ2) is 15.3. The van der Waals surface area contributed by atoms with E-state index in [2.05, 4.69) is 22.4 Å². The number of ether oxygens (including phenoxy) is 2. The number of rotatable bonds is 13. The third kappa shape index (κ3) is 8.30. The lowest BCUT2D eigenvalue weighted by Gasteiger charge is -2.22. The molecule has 40 heavy (non-hydrogen) atoms. The average Bonchev–Trinajstić information content (AvgIpc) is 2.97. The Morgan fingerprint density at radius 2 is 1.52 bits per heavy atom. The summed E-state index contributed by atoms with van der Waals surface area (Å²) in [6.07, 6.45) is 1.17. The van der Waals surface area contributed by atoms with E-state index in [0.717, 1.165) is 33.6 Å². The molecule has 0 spiro atoms. The van der Waals surface area contributed by atoms with Gasteiger partial charge in [-0.25, -0.2) is 4.79 Å². The van der Waals surface area contributed by atoms with E-state index in [-0.39, 0.29) is 12.3 Å². The lowest BCUT2D eigenvalue weighted by Crippen LogP contribution is -2.23. The van der Waals surface area contributed by atoms with Crippen LogP contribution in [-0.4, -0.2) is 50.5 Å². The molecule has 0 N–H and O–H groups in total. The molecule has 212 valence electrons. The van der Waals surface area contributed by atoms with Crippen LogP contribution in [0.5, 0.6) is 5.75 Å². The molecule has 9 nitrogen and oxygen atoms in total. The van der Waals surface area contributed by atoms with Gasteiger partial charge in [0.1, 0.15) is 44.1 Å². The van der Waals surface area contributed by atoms with Crippen molar-refractivity contribution in [2.45, 2.75) is 47.1 Å². The fraction of sp³-hybridized carbons (Fsp3) is 0.355. The third-order valence-corrected chi connectivity index (χ3v) is 6.37. The Hall–Kier alpha value is -4.40. The zero-order valence-electron chi connectivity index (χ0n) is 24.0. The number of benzene rings is 2. The molecule has 9 heteroatoms. The van der Waals surface area contributed by atoms with Gasteiger partial charge in [0, 0.05) is 5.56 Å². The van der Waals surface area contributed by atoms with E-state index in [1.807, 2.05) is 68.4 Å². The van der Waals surface area contributed by atoms with E-state index in [4.69, 9.17) is 24.0 Å². The zero-order valence-corrected chi connectivity index (χ0v) is 24.0. The largest absolute Gasteiger partial charge is 0.489 e. The van der Waals surface area contributed by atoms with Crippen LogP contribution in [0, 0.1) is 0 Å². The van der Waals surface area contributed by atoms with Gasteiger partial charge in [-0.2, -0.15) is 0 Å². The van der Waals surface area contributed by atoms with Crippen LogP contribution in [0.2, 0.25) is 0 Å². The third-order valence-electron chi connectivity index (χ3n) is 6.37.